The zero-order valence-corrected chi connectivity index (χ0v) is 9.15. The maximum absolute atomic E-state index is 11.8. The molecule has 2 atom stereocenters. The maximum atomic E-state index is 11.8. The number of benzene rings is 1. The normalized spacial score (nSPS) is 27.9. The van der Waals surface area contributed by atoms with Crippen molar-refractivity contribution in [1.29, 1.82) is 0 Å². The molecule has 16 heavy (non-hydrogen) atoms. The highest BCUT2D eigenvalue weighted by atomic mass is 35.5. The number of rotatable bonds is 1. The van der Waals surface area contributed by atoms with Gasteiger partial charge in [0.05, 0.1) is 0 Å². The van der Waals surface area contributed by atoms with Crippen molar-refractivity contribution in [2.24, 2.45) is 0 Å². The van der Waals surface area contributed by atoms with Crippen LogP contribution in [0, 0.1) is 0 Å². The third-order valence-corrected chi connectivity index (χ3v) is 3.26. The van der Waals surface area contributed by atoms with Gasteiger partial charge in [0, 0.05) is 16.5 Å². The zero-order valence-electron chi connectivity index (χ0n) is 8.40. The Morgan fingerprint density at radius 1 is 1.50 bits per heavy atom. The molecular weight excluding hydrogens is 232 g/mol. The van der Waals surface area contributed by atoms with Gasteiger partial charge < -0.3 is 10.2 Å². The number of carboxylic acids is 1. The lowest BCUT2D eigenvalue weighted by Crippen LogP contribution is -2.46. The molecule has 1 aromatic rings. The summed E-state index contributed by atoms with van der Waals surface area (Å²) in [6.45, 7) is 1.49. The maximum Gasteiger partial charge on any atom is 0.344 e. The summed E-state index contributed by atoms with van der Waals surface area (Å²) in [5, 5.41) is 19.3. The lowest BCUT2D eigenvalue weighted by molar-refractivity contribution is -0.154. The first kappa shape index (κ1) is 11.1. The molecule has 0 saturated heterocycles. The number of aliphatic carboxylic acids is 1. The van der Waals surface area contributed by atoms with E-state index < -0.39 is 23.3 Å². The number of fused-ring (bicyclic) bond motifs is 1. The number of halogens is 1. The van der Waals surface area contributed by atoms with Crippen molar-refractivity contribution in [2.75, 3.05) is 0 Å². The SMILES string of the molecule is CC1c2cc(Cl)ccc2C(=O)C1(O)C(=O)O. The molecule has 2 N–H and O–H groups in total. The Labute approximate surface area is 96.5 Å². The summed E-state index contributed by atoms with van der Waals surface area (Å²) in [5.41, 5.74) is -1.67. The summed E-state index contributed by atoms with van der Waals surface area (Å²) in [6, 6.07) is 4.45. The Hall–Kier alpha value is -1.39. The minimum atomic E-state index is -2.37. The fourth-order valence-corrected chi connectivity index (χ4v) is 2.19. The minimum absolute atomic E-state index is 0.224. The van der Waals surface area contributed by atoms with Gasteiger partial charge in [-0.15, -0.1) is 0 Å². The van der Waals surface area contributed by atoms with Crippen LogP contribution in [-0.2, 0) is 4.79 Å². The quantitative estimate of drug-likeness (QED) is 0.729. The van der Waals surface area contributed by atoms with E-state index in [4.69, 9.17) is 16.7 Å². The number of carboxylic acid groups (broad SMARTS) is 1. The zero-order chi connectivity index (χ0) is 12.1. The van der Waals surface area contributed by atoms with E-state index in [1.165, 1.54) is 25.1 Å². The molecule has 1 aliphatic carbocycles. The molecule has 84 valence electrons. The Balaban J connectivity index is 2.65. The Morgan fingerprint density at radius 2 is 2.12 bits per heavy atom. The first-order valence-corrected chi connectivity index (χ1v) is 5.07. The van der Waals surface area contributed by atoms with E-state index in [0.29, 0.717) is 10.6 Å². The number of carbonyl (C=O) groups excluding carboxylic acids is 1. The van der Waals surface area contributed by atoms with Crippen molar-refractivity contribution in [3.63, 3.8) is 0 Å². The van der Waals surface area contributed by atoms with E-state index in [9.17, 15) is 14.7 Å². The summed E-state index contributed by atoms with van der Waals surface area (Å²) in [6.07, 6.45) is 0. The number of Topliss-reactive ketones (excluding diaryl/α,β-unsaturated/α-hetero) is 1. The minimum Gasteiger partial charge on any atom is -0.479 e. The first-order valence-electron chi connectivity index (χ1n) is 4.69. The third-order valence-electron chi connectivity index (χ3n) is 3.02. The summed E-state index contributed by atoms with van der Waals surface area (Å²) in [4.78, 5) is 22.8. The van der Waals surface area contributed by atoms with Gasteiger partial charge in [0.25, 0.3) is 0 Å². The van der Waals surface area contributed by atoms with E-state index in [1.54, 1.807) is 0 Å². The van der Waals surface area contributed by atoms with Gasteiger partial charge in [0.15, 0.2) is 0 Å². The molecule has 0 fully saturated rings. The highest BCUT2D eigenvalue weighted by molar-refractivity contribution is 6.31. The van der Waals surface area contributed by atoms with Gasteiger partial charge in [-0.2, -0.15) is 0 Å². The van der Waals surface area contributed by atoms with Crippen LogP contribution in [0.1, 0.15) is 28.8 Å². The summed E-state index contributed by atoms with van der Waals surface area (Å²) in [5.74, 6) is -3.11. The van der Waals surface area contributed by atoms with Crippen LogP contribution in [0.2, 0.25) is 5.02 Å². The molecule has 0 heterocycles. The van der Waals surface area contributed by atoms with E-state index >= 15 is 0 Å². The van der Waals surface area contributed by atoms with Gasteiger partial charge in [-0.05, 0) is 23.8 Å². The van der Waals surface area contributed by atoms with Crippen molar-refractivity contribution in [2.45, 2.75) is 18.4 Å². The molecule has 0 aliphatic heterocycles. The van der Waals surface area contributed by atoms with E-state index in [0.717, 1.165) is 0 Å². The molecule has 4 nitrogen and oxygen atoms in total. The Morgan fingerprint density at radius 3 is 2.69 bits per heavy atom. The molecule has 5 heteroatoms. The smallest absolute Gasteiger partial charge is 0.344 e. The largest absolute Gasteiger partial charge is 0.479 e. The van der Waals surface area contributed by atoms with Crippen LogP contribution in [0.5, 0.6) is 0 Å². The average Bonchev–Trinajstić information content (AvgIpc) is 2.42. The predicted octanol–water partition coefficient (Wildman–Crippen LogP) is 1.46. The molecule has 0 bridgehead atoms. The monoisotopic (exact) mass is 240 g/mol. The molecule has 1 aliphatic rings. The number of ketones is 1. The highest BCUT2D eigenvalue weighted by Crippen LogP contribution is 2.41. The van der Waals surface area contributed by atoms with Crippen molar-refractivity contribution in [3.05, 3.63) is 34.3 Å². The third kappa shape index (κ3) is 1.20. The van der Waals surface area contributed by atoms with Crippen LogP contribution in [0.25, 0.3) is 0 Å². The summed E-state index contributed by atoms with van der Waals surface area (Å²) >= 11 is 5.77. The van der Waals surface area contributed by atoms with Crippen molar-refractivity contribution < 1.29 is 19.8 Å². The van der Waals surface area contributed by atoms with Crippen LogP contribution in [-0.4, -0.2) is 27.6 Å². The Bertz CT molecular complexity index is 497. The average molecular weight is 241 g/mol. The van der Waals surface area contributed by atoms with Gasteiger partial charge in [-0.1, -0.05) is 18.5 Å². The van der Waals surface area contributed by atoms with E-state index in [1.807, 2.05) is 0 Å². The molecule has 2 rings (SSSR count). The van der Waals surface area contributed by atoms with Crippen molar-refractivity contribution >= 4 is 23.4 Å². The van der Waals surface area contributed by atoms with Gasteiger partial charge in [0.1, 0.15) is 0 Å². The first-order chi connectivity index (χ1) is 7.39. The standard InChI is InChI=1S/C11H9ClO4/c1-5-8-4-6(12)2-3-7(8)9(13)11(5,16)10(14)15/h2-5,16H,1H3,(H,14,15). The second-order valence-corrected chi connectivity index (χ2v) is 4.29. The molecule has 2 unspecified atom stereocenters. The van der Waals surface area contributed by atoms with Gasteiger partial charge >= 0.3 is 5.97 Å². The van der Waals surface area contributed by atoms with Crippen LogP contribution >= 0.6 is 11.6 Å². The molecule has 0 spiro atoms. The molecule has 0 radical (unpaired) electrons. The molecular formula is C11H9ClO4. The number of carbonyl (C=O) groups is 2. The second kappa shape index (κ2) is 3.30. The second-order valence-electron chi connectivity index (χ2n) is 3.85. The van der Waals surface area contributed by atoms with E-state index in [-0.39, 0.29) is 5.56 Å². The fourth-order valence-electron chi connectivity index (χ4n) is 2.01. The fraction of sp³-hybridized carbons (Fsp3) is 0.273. The molecule has 0 aromatic heterocycles. The lowest BCUT2D eigenvalue weighted by Gasteiger charge is -2.20. The van der Waals surface area contributed by atoms with Crippen molar-refractivity contribution in [1.82, 2.24) is 0 Å². The van der Waals surface area contributed by atoms with Crippen LogP contribution < -0.4 is 0 Å². The topological polar surface area (TPSA) is 74.6 Å². The molecule has 1 aromatic carbocycles. The lowest BCUT2D eigenvalue weighted by atomic mass is 9.89. The van der Waals surface area contributed by atoms with Gasteiger partial charge in [-0.25, -0.2) is 4.79 Å². The van der Waals surface area contributed by atoms with E-state index in [2.05, 4.69) is 0 Å². The molecule has 0 amide bonds. The van der Waals surface area contributed by atoms with Crippen molar-refractivity contribution in [3.8, 4) is 0 Å². The van der Waals surface area contributed by atoms with Gasteiger partial charge in [0.2, 0.25) is 11.4 Å². The van der Waals surface area contributed by atoms with Crippen LogP contribution in [0.4, 0.5) is 0 Å². The number of aliphatic hydroxyl groups is 1. The predicted molar refractivity (Wildman–Crippen MR) is 56.8 cm³/mol. The molecule has 0 saturated carbocycles. The van der Waals surface area contributed by atoms with Crippen LogP contribution in [0.3, 0.4) is 0 Å². The van der Waals surface area contributed by atoms with Crippen LogP contribution in [0.15, 0.2) is 18.2 Å². The van der Waals surface area contributed by atoms with Gasteiger partial charge in [-0.3, -0.25) is 4.79 Å². The summed E-state index contributed by atoms with van der Waals surface area (Å²) in [7, 11) is 0. The number of hydrogen-bond donors (Lipinski definition) is 2. The number of hydrogen-bond acceptors (Lipinski definition) is 3. The Kier molecular flexibility index (Phi) is 2.29. The summed E-state index contributed by atoms with van der Waals surface area (Å²) < 4.78 is 0. The highest BCUT2D eigenvalue weighted by Gasteiger charge is 2.55.